The molecule has 0 unspecified atom stereocenters. The SMILES string of the molecule is CC(C)c1c(C=O)c(-c2ccc(F)cc2)c2c3ccccc3cnn12. The molecule has 25 heavy (non-hydrogen) atoms. The van der Waals surface area contributed by atoms with Gasteiger partial charge in [-0.2, -0.15) is 5.10 Å². The lowest BCUT2D eigenvalue weighted by Gasteiger charge is -2.07. The van der Waals surface area contributed by atoms with E-state index in [2.05, 4.69) is 5.10 Å². The molecule has 4 aromatic rings. The van der Waals surface area contributed by atoms with Crippen LogP contribution in [0.1, 0.15) is 35.8 Å². The minimum Gasteiger partial charge on any atom is -0.298 e. The Bertz CT molecular complexity index is 1090. The van der Waals surface area contributed by atoms with E-state index in [1.54, 1.807) is 12.1 Å². The van der Waals surface area contributed by atoms with Gasteiger partial charge in [-0.05, 0) is 23.6 Å². The Morgan fingerprint density at radius 2 is 1.80 bits per heavy atom. The number of benzene rings is 2. The monoisotopic (exact) mass is 332 g/mol. The van der Waals surface area contributed by atoms with Crippen LogP contribution in [0.2, 0.25) is 0 Å². The summed E-state index contributed by atoms with van der Waals surface area (Å²) < 4.78 is 15.3. The van der Waals surface area contributed by atoms with Gasteiger partial charge in [-0.25, -0.2) is 8.91 Å². The quantitative estimate of drug-likeness (QED) is 0.481. The average molecular weight is 332 g/mol. The van der Waals surface area contributed by atoms with E-state index in [0.29, 0.717) is 5.56 Å². The maximum absolute atomic E-state index is 13.4. The van der Waals surface area contributed by atoms with Crippen molar-refractivity contribution < 1.29 is 9.18 Å². The molecule has 0 aliphatic rings. The number of rotatable bonds is 3. The number of carbonyl (C=O) groups is 1. The molecule has 3 nitrogen and oxygen atoms in total. The summed E-state index contributed by atoms with van der Waals surface area (Å²) in [5, 5.41) is 6.61. The van der Waals surface area contributed by atoms with Crippen molar-refractivity contribution in [1.29, 1.82) is 0 Å². The van der Waals surface area contributed by atoms with Gasteiger partial charge >= 0.3 is 0 Å². The molecule has 0 spiro atoms. The molecule has 124 valence electrons. The molecule has 0 amide bonds. The Hall–Kier alpha value is -3.01. The summed E-state index contributed by atoms with van der Waals surface area (Å²) in [6, 6.07) is 14.2. The molecule has 0 aliphatic heterocycles. The Morgan fingerprint density at radius 1 is 1.08 bits per heavy atom. The molecule has 2 aromatic heterocycles. The summed E-state index contributed by atoms with van der Waals surface area (Å²) in [6.07, 6.45) is 2.70. The van der Waals surface area contributed by atoms with Gasteiger partial charge in [0.1, 0.15) is 5.82 Å². The van der Waals surface area contributed by atoms with E-state index < -0.39 is 0 Å². The third kappa shape index (κ3) is 2.33. The fraction of sp³-hybridized carbons (Fsp3) is 0.143. The predicted molar refractivity (Wildman–Crippen MR) is 97.6 cm³/mol. The molecule has 0 N–H and O–H groups in total. The molecular weight excluding hydrogens is 315 g/mol. The number of aromatic nitrogens is 2. The van der Waals surface area contributed by atoms with Crippen LogP contribution in [0, 0.1) is 5.82 Å². The summed E-state index contributed by atoms with van der Waals surface area (Å²) >= 11 is 0. The summed E-state index contributed by atoms with van der Waals surface area (Å²) in [7, 11) is 0. The number of fused-ring (bicyclic) bond motifs is 3. The third-order valence-corrected chi connectivity index (χ3v) is 4.55. The Morgan fingerprint density at radius 3 is 2.48 bits per heavy atom. The summed E-state index contributed by atoms with van der Waals surface area (Å²) in [4.78, 5) is 12.0. The normalized spacial score (nSPS) is 11.5. The van der Waals surface area contributed by atoms with E-state index in [9.17, 15) is 9.18 Å². The lowest BCUT2D eigenvalue weighted by molar-refractivity contribution is 0.112. The molecule has 0 saturated carbocycles. The van der Waals surface area contributed by atoms with Crippen LogP contribution in [0.15, 0.2) is 54.7 Å². The van der Waals surface area contributed by atoms with Crippen molar-refractivity contribution >= 4 is 22.6 Å². The van der Waals surface area contributed by atoms with Crippen molar-refractivity contribution in [1.82, 2.24) is 9.61 Å². The fourth-order valence-corrected chi connectivity index (χ4v) is 3.49. The van der Waals surface area contributed by atoms with Crippen LogP contribution in [0.4, 0.5) is 4.39 Å². The van der Waals surface area contributed by atoms with Crippen LogP contribution in [-0.2, 0) is 0 Å². The molecule has 2 heterocycles. The van der Waals surface area contributed by atoms with Gasteiger partial charge in [0.15, 0.2) is 6.29 Å². The van der Waals surface area contributed by atoms with Gasteiger partial charge in [0.25, 0.3) is 0 Å². The number of hydrogen-bond acceptors (Lipinski definition) is 2. The lowest BCUT2D eigenvalue weighted by atomic mass is 9.97. The van der Waals surface area contributed by atoms with Crippen LogP contribution in [0.25, 0.3) is 27.4 Å². The zero-order valence-corrected chi connectivity index (χ0v) is 14.0. The maximum Gasteiger partial charge on any atom is 0.152 e. The van der Waals surface area contributed by atoms with Gasteiger partial charge in [0, 0.05) is 21.9 Å². The topological polar surface area (TPSA) is 34.4 Å². The molecule has 0 radical (unpaired) electrons. The van der Waals surface area contributed by atoms with E-state index in [0.717, 1.165) is 39.4 Å². The standard InChI is InChI=1S/C21H17FN2O/c1-13(2)20-18(12-25)19(14-7-9-16(22)10-8-14)21-17-6-4-3-5-15(17)11-23-24(20)21/h3-13H,1-2H3. The Labute approximate surface area is 144 Å². The fourth-order valence-electron chi connectivity index (χ4n) is 3.49. The van der Waals surface area contributed by atoms with E-state index in [1.165, 1.54) is 12.1 Å². The number of carbonyl (C=O) groups excluding carboxylic acids is 1. The van der Waals surface area contributed by atoms with Gasteiger partial charge in [0.05, 0.1) is 17.4 Å². The number of hydrogen-bond donors (Lipinski definition) is 0. The second kappa shape index (κ2) is 5.81. The highest BCUT2D eigenvalue weighted by atomic mass is 19.1. The van der Waals surface area contributed by atoms with Crippen molar-refractivity contribution in [2.45, 2.75) is 19.8 Å². The maximum atomic E-state index is 13.4. The van der Waals surface area contributed by atoms with E-state index in [4.69, 9.17) is 0 Å². The van der Waals surface area contributed by atoms with Gasteiger partial charge in [-0.3, -0.25) is 4.79 Å². The summed E-state index contributed by atoms with van der Waals surface area (Å²) in [6.45, 7) is 4.08. The van der Waals surface area contributed by atoms with Crippen LogP contribution in [0.3, 0.4) is 0 Å². The first-order chi connectivity index (χ1) is 12.1. The van der Waals surface area contributed by atoms with Crippen molar-refractivity contribution in [2.24, 2.45) is 0 Å². The van der Waals surface area contributed by atoms with Crippen LogP contribution in [0.5, 0.6) is 0 Å². The molecule has 4 heteroatoms. The first-order valence-electron chi connectivity index (χ1n) is 8.25. The largest absolute Gasteiger partial charge is 0.298 e. The first-order valence-corrected chi connectivity index (χ1v) is 8.25. The number of aldehydes is 1. The zero-order valence-electron chi connectivity index (χ0n) is 14.0. The zero-order chi connectivity index (χ0) is 17.6. The lowest BCUT2D eigenvalue weighted by Crippen LogP contribution is -2.01. The average Bonchev–Trinajstić information content (AvgIpc) is 2.97. The highest BCUT2D eigenvalue weighted by molar-refractivity contribution is 6.08. The molecule has 0 atom stereocenters. The van der Waals surface area contributed by atoms with Crippen molar-refractivity contribution in [3.05, 3.63) is 71.8 Å². The third-order valence-electron chi connectivity index (χ3n) is 4.55. The van der Waals surface area contributed by atoms with Crippen molar-refractivity contribution in [3.8, 4) is 11.1 Å². The number of halogens is 1. The molecule has 4 rings (SSSR count). The predicted octanol–water partition coefficient (Wildman–Crippen LogP) is 5.23. The van der Waals surface area contributed by atoms with Gasteiger partial charge in [0.2, 0.25) is 0 Å². The van der Waals surface area contributed by atoms with Crippen molar-refractivity contribution in [2.75, 3.05) is 0 Å². The molecular formula is C21H17FN2O. The molecule has 2 aromatic carbocycles. The molecule has 0 bridgehead atoms. The Balaban J connectivity index is 2.24. The first kappa shape index (κ1) is 15.5. The summed E-state index contributed by atoms with van der Waals surface area (Å²) in [5.74, 6) is -0.178. The van der Waals surface area contributed by atoms with E-state index in [-0.39, 0.29) is 11.7 Å². The minimum atomic E-state index is -0.299. The van der Waals surface area contributed by atoms with Crippen LogP contribution in [-0.4, -0.2) is 15.9 Å². The van der Waals surface area contributed by atoms with Gasteiger partial charge in [-0.1, -0.05) is 50.2 Å². The van der Waals surface area contributed by atoms with Crippen LogP contribution >= 0.6 is 0 Å². The minimum absolute atomic E-state index is 0.121. The second-order valence-electron chi connectivity index (χ2n) is 6.45. The molecule has 0 fully saturated rings. The second-order valence-corrected chi connectivity index (χ2v) is 6.45. The summed E-state index contributed by atoms with van der Waals surface area (Å²) in [5.41, 5.74) is 3.99. The molecule has 0 saturated heterocycles. The Kier molecular flexibility index (Phi) is 3.61. The number of nitrogens with zero attached hydrogens (tertiary/aromatic N) is 2. The van der Waals surface area contributed by atoms with E-state index >= 15 is 0 Å². The van der Waals surface area contributed by atoms with Gasteiger partial charge < -0.3 is 0 Å². The molecule has 0 aliphatic carbocycles. The van der Waals surface area contributed by atoms with Gasteiger partial charge in [-0.15, -0.1) is 0 Å². The highest BCUT2D eigenvalue weighted by Gasteiger charge is 2.23. The van der Waals surface area contributed by atoms with Crippen molar-refractivity contribution in [3.63, 3.8) is 0 Å². The highest BCUT2D eigenvalue weighted by Crippen LogP contribution is 2.38. The smallest absolute Gasteiger partial charge is 0.152 e. The van der Waals surface area contributed by atoms with E-state index in [1.807, 2.05) is 48.8 Å². The van der Waals surface area contributed by atoms with Crippen LogP contribution < -0.4 is 0 Å².